The van der Waals surface area contributed by atoms with Crippen LogP contribution in [0.1, 0.15) is 30.0 Å². The number of nitrogens with two attached hydrogens (primary N) is 1. The molecule has 3 heteroatoms. The molecule has 0 saturated heterocycles. The summed E-state index contributed by atoms with van der Waals surface area (Å²) in [6, 6.07) is 2.91. The van der Waals surface area contributed by atoms with Crippen LogP contribution in [0.15, 0.2) is 18.5 Å². The molecule has 0 aliphatic heterocycles. The maximum atomic E-state index is 5.66. The fourth-order valence-corrected chi connectivity index (χ4v) is 2.29. The zero-order valence-electron chi connectivity index (χ0n) is 9.61. The lowest BCUT2D eigenvalue weighted by Gasteiger charge is -2.00. The molecule has 1 fully saturated rings. The van der Waals surface area contributed by atoms with Crippen LogP contribution in [0.3, 0.4) is 0 Å². The summed E-state index contributed by atoms with van der Waals surface area (Å²) < 4.78 is 2.33. The lowest BCUT2D eigenvalue weighted by Crippen LogP contribution is -2.02. The van der Waals surface area contributed by atoms with Gasteiger partial charge in [-0.3, -0.25) is 0 Å². The first kappa shape index (κ1) is 9.85. The molecule has 2 heterocycles. The lowest BCUT2D eigenvalue weighted by atomic mass is 10.1. The van der Waals surface area contributed by atoms with E-state index in [1.54, 1.807) is 0 Å². The third kappa shape index (κ3) is 1.52. The third-order valence-corrected chi connectivity index (χ3v) is 3.24. The minimum Gasteiger partial charge on any atom is -0.330 e. The van der Waals surface area contributed by atoms with Crippen molar-refractivity contribution in [3.05, 3.63) is 29.6 Å². The van der Waals surface area contributed by atoms with E-state index in [4.69, 9.17) is 5.73 Å². The minimum absolute atomic E-state index is 0.684. The van der Waals surface area contributed by atoms with Crippen molar-refractivity contribution in [2.24, 2.45) is 5.73 Å². The molecule has 0 unspecified atom stereocenters. The first-order chi connectivity index (χ1) is 7.79. The summed E-state index contributed by atoms with van der Waals surface area (Å²) in [5, 5.41) is 1.29. The van der Waals surface area contributed by atoms with Crippen LogP contribution in [0.2, 0.25) is 0 Å². The molecular weight excluding hydrogens is 198 g/mol. The molecule has 0 radical (unpaired) electrons. The first-order valence-corrected chi connectivity index (χ1v) is 5.95. The van der Waals surface area contributed by atoms with Gasteiger partial charge in [-0.1, -0.05) is 0 Å². The molecule has 84 valence electrons. The molecule has 2 aromatic heterocycles. The van der Waals surface area contributed by atoms with Crippen molar-refractivity contribution in [2.75, 3.05) is 6.54 Å². The third-order valence-electron chi connectivity index (χ3n) is 3.24. The number of hydrogen-bond acceptors (Lipinski definition) is 2. The largest absolute Gasteiger partial charge is 0.330 e. The quantitative estimate of drug-likeness (QED) is 0.852. The second kappa shape index (κ2) is 3.59. The van der Waals surface area contributed by atoms with Crippen molar-refractivity contribution in [2.45, 2.75) is 32.2 Å². The Bertz CT molecular complexity index is 523. The number of hydrogen-bond donors (Lipinski definition) is 1. The SMILES string of the molecule is Cc1cnc2c(c1)c(CCN)cn2C1CC1. The molecule has 0 bridgehead atoms. The van der Waals surface area contributed by atoms with Crippen molar-refractivity contribution in [3.8, 4) is 0 Å². The number of pyridine rings is 1. The first-order valence-electron chi connectivity index (χ1n) is 5.95. The summed E-state index contributed by atoms with van der Waals surface area (Å²) in [5.74, 6) is 0. The normalized spacial score (nSPS) is 15.9. The van der Waals surface area contributed by atoms with Gasteiger partial charge < -0.3 is 10.3 Å². The molecule has 0 atom stereocenters. The maximum Gasteiger partial charge on any atom is 0.140 e. The molecule has 1 saturated carbocycles. The average molecular weight is 215 g/mol. The topological polar surface area (TPSA) is 43.8 Å². The molecule has 1 aliphatic rings. The number of aryl methyl sites for hydroxylation is 1. The van der Waals surface area contributed by atoms with Gasteiger partial charge in [0.15, 0.2) is 0 Å². The van der Waals surface area contributed by atoms with Crippen LogP contribution in [0.25, 0.3) is 11.0 Å². The molecule has 16 heavy (non-hydrogen) atoms. The molecular formula is C13H17N3. The molecule has 0 spiro atoms. The molecule has 3 nitrogen and oxygen atoms in total. The molecule has 3 rings (SSSR count). The number of nitrogens with zero attached hydrogens (tertiary/aromatic N) is 2. The van der Waals surface area contributed by atoms with Gasteiger partial charge in [-0.15, -0.1) is 0 Å². The Labute approximate surface area is 95.3 Å². The Hall–Kier alpha value is -1.35. The Balaban J connectivity index is 2.20. The number of aromatic nitrogens is 2. The van der Waals surface area contributed by atoms with Crippen molar-refractivity contribution >= 4 is 11.0 Å². The van der Waals surface area contributed by atoms with E-state index in [1.165, 1.54) is 29.4 Å². The minimum atomic E-state index is 0.684. The lowest BCUT2D eigenvalue weighted by molar-refractivity contribution is 0.761. The summed E-state index contributed by atoms with van der Waals surface area (Å²) in [6.45, 7) is 2.80. The van der Waals surface area contributed by atoms with Gasteiger partial charge in [-0.2, -0.15) is 0 Å². The summed E-state index contributed by atoms with van der Waals surface area (Å²) in [7, 11) is 0. The van der Waals surface area contributed by atoms with Gasteiger partial charge in [0.25, 0.3) is 0 Å². The van der Waals surface area contributed by atoms with Crippen molar-refractivity contribution in [3.63, 3.8) is 0 Å². The fraction of sp³-hybridized carbons (Fsp3) is 0.462. The van der Waals surface area contributed by atoms with Crippen LogP contribution in [-0.2, 0) is 6.42 Å². The van der Waals surface area contributed by atoms with E-state index in [9.17, 15) is 0 Å². The Morgan fingerprint density at radius 3 is 3.00 bits per heavy atom. The average Bonchev–Trinajstić information content (AvgIpc) is 3.04. The van der Waals surface area contributed by atoms with E-state index in [-0.39, 0.29) is 0 Å². The van der Waals surface area contributed by atoms with Crippen LogP contribution in [0, 0.1) is 6.92 Å². The van der Waals surface area contributed by atoms with Gasteiger partial charge in [0, 0.05) is 23.8 Å². The zero-order chi connectivity index (χ0) is 11.1. The summed E-state index contributed by atoms with van der Waals surface area (Å²) in [4.78, 5) is 4.57. The molecule has 0 amide bonds. The zero-order valence-corrected chi connectivity index (χ0v) is 9.61. The Morgan fingerprint density at radius 2 is 2.31 bits per heavy atom. The predicted octanol–water partition coefficient (Wildman–Crippen LogP) is 2.18. The molecule has 1 aliphatic carbocycles. The second-order valence-corrected chi connectivity index (χ2v) is 4.72. The highest BCUT2D eigenvalue weighted by molar-refractivity contribution is 5.81. The van der Waals surface area contributed by atoms with Gasteiger partial charge in [0.2, 0.25) is 0 Å². The molecule has 2 aromatic rings. The van der Waals surface area contributed by atoms with Gasteiger partial charge >= 0.3 is 0 Å². The second-order valence-electron chi connectivity index (χ2n) is 4.72. The van der Waals surface area contributed by atoms with Gasteiger partial charge in [-0.25, -0.2) is 4.98 Å². The van der Waals surface area contributed by atoms with Gasteiger partial charge in [0.1, 0.15) is 5.65 Å². The summed E-state index contributed by atoms with van der Waals surface area (Å²) in [5.41, 5.74) is 9.37. The van der Waals surface area contributed by atoms with Crippen molar-refractivity contribution in [1.82, 2.24) is 9.55 Å². The van der Waals surface area contributed by atoms with Crippen LogP contribution in [0.4, 0.5) is 0 Å². The van der Waals surface area contributed by atoms with Gasteiger partial charge in [-0.05, 0) is 49.9 Å². The van der Waals surface area contributed by atoms with E-state index >= 15 is 0 Å². The Kier molecular flexibility index (Phi) is 2.21. The Morgan fingerprint density at radius 1 is 1.50 bits per heavy atom. The standard InChI is InChI=1S/C13H17N3/c1-9-6-12-10(4-5-14)8-16(11-2-3-11)13(12)15-7-9/h6-8,11H,2-5,14H2,1H3. The van der Waals surface area contributed by atoms with E-state index < -0.39 is 0 Å². The van der Waals surface area contributed by atoms with Crippen molar-refractivity contribution in [1.29, 1.82) is 0 Å². The van der Waals surface area contributed by atoms with Crippen LogP contribution >= 0.6 is 0 Å². The highest BCUT2D eigenvalue weighted by atomic mass is 15.1. The molecule has 0 aromatic carbocycles. The van der Waals surface area contributed by atoms with Crippen LogP contribution in [0.5, 0.6) is 0 Å². The summed E-state index contributed by atoms with van der Waals surface area (Å²) in [6.07, 6.45) is 7.74. The van der Waals surface area contributed by atoms with Crippen molar-refractivity contribution < 1.29 is 0 Å². The van der Waals surface area contributed by atoms with E-state index in [0.29, 0.717) is 12.6 Å². The van der Waals surface area contributed by atoms with Gasteiger partial charge in [0.05, 0.1) is 0 Å². The highest BCUT2D eigenvalue weighted by Gasteiger charge is 2.26. The predicted molar refractivity (Wildman–Crippen MR) is 65.5 cm³/mol. The fourth-order valence-electron chi connectivity index (χ4n) is 2.29. The number of fused-ring (bicyclic) bond motifs is 1. The van der Waals surface area contributed by atoms with Crippen LogP contribution < -0.4 is 5.73 Å². The highest BCUT2D eigenvalue weighted by Crippen LogP contribution is 2.38. The molecule has 2 N–H and O–H groups in total. The van der Waals surface area contributed by atoms with Crippen LogP contribution in [-0.4, -0.2) is 16.1 Å². The monoisotopic (exact) mass is 215 g/mol. The van der Waals surface area contributed by atoms with E-state index in [1.807, 2.05) is 6.20 Å². The smallest absolute Gasteiger partial charge is 0.140 e. The number of rotatable bonds is 3. The maximum absolute atomic E-state index is 5.66. The van der Waals surface area contributed by atoms with E-state index in [0.717, 1.165) is 12.1 Å². The summed E-state index contributed by atoms with van der Waals surface area (Å²) >= 11 is 0. The van der Waals surface area contributed by atoms with E-state index in [2.05, 4.69) is 28.7 Å².